The molecule has 3 aromatic rings. The molecular weight excluding hydrogens is 524 g/mol. The van der Waals surface area contributed by atoms with Crippen molar-refractivity contribution in [1.29, 1.82) is 5.26 Å². The van der Waals surface area contributed by atoms with Crippen LogP contribution in [-0.2, 0) is 20.9 Å². The number of amides is 1. The van der Waals surface area contributed by atoms with Crippen molar-refractivity contribution < 1.29 is 19.4 Å². The molecule has 1 aliphatic rings. The van der Waals surface area contributed by atoms with Crippen LogP contribution in [0.15, 0.2) is 64.7 Å². The van der Waals surface area contributed by atoms with Crippen LogP contribution in [0.1, 0.15) is 29.7 Å². The highest BCUT2D eigenvalue weighted by Crippen LogP contribution is 2.24. The van der Waals surface area contributed by atoms with E-state index >= 15 is 0 Å². The maximum absolute atomic E-state index is 12.2. The van der Waals surface area contributed by atoms with Crippen molar-refractivity contribution in [1.82, 2.24) is 9.97 Å². The van der Waals surface area contributed by atoms with Crippen molar-refractivity contribution >= 4 is 35.4 Å². The maximum Gasteiger partial charge on any atom is 0.306 e. The molecule has 1 aliphatic heterocycles. The summed E-state index contributed by atoms with van der Waals surface area (Å²) >= 11 is 0. The second-order valence-corrected chi connectivity index (χ2v) is 9.37. The number of aromatic nitrogens is 2. The van der Waals surface area contributed by atoms with Crippen LogP contribution in [0.5, 0.6) is 0 Å². The van der Waals surface area contributed by atoms with Crippen LogP contribution in [0.3, 0.4) is 0 Å². The number of carboxylic acid groups (broad SMARTS) is 1. The fraction of sp³-hybridized carbons (Fsp3) is 0.276. The van der Waals surface area contributed by atoms with Gasteiger partial charge in [-0.25, -0.2) is 9.97 Å². The number of hydrazone groups is 1. The normalized spacial score (nSPS) is 14.1. The summed E-state index contributed by atoms with van der Waals surface area (Å²) in [6.45, 7) is 1.38. The summed E-state index contributed by atoms with van der Waals surface area (Å²) in [4.78, 5) is 39.2. The zero-order valence-corrected chi connectivity index (χ0v) is 22.5. The molecule has 0 radical (unpaired) electrons. The molecule has 210 valence electrons. The summed E-state index contributed by atoms with van der Waals surface area (Å²) < 4.78 is 4.90. The average Bonchev–Trinajstić information content (AvgIpc) is 2.99. The molecule has 1 aromatic carbocycles. The van der Waals surface area contributed by atoms with Gasteiger partial charge in [-0.1, -0.05) is 18.2 Å². The Morgan fingerprint density at radius 1 is 1.20 bits per heavy atom. The first-order valence-electron chi connectivity index (χ1n) is 12.9. The van der Waals surface area contributed by atoms with Gasteiger partial charge in [0.05, 0.1) is 35.5 Å². The molecule has 12 nitrogen and oxygen atoms in total. The number of methoxy groups -OCH3 is 1. The smallest absolute Gasteiger partial charge is 0.306 e. The molecule has 0 unspecified atom stereocenters. The van der Waals surface area contributed by atoms with Crippen LogP contribution < -0.4 is 16.1 Å². The summed E-state index contributed by atoms with van der Waals surface area (Å²) in [7, 11) is 1.42. The predicted octanol–water partition coefficient (Wildman–Crippen LogP) is 2.83. The molecule has 0 atom stereocenters. The lowest BCUT2D eigenvalue weighted by molar-refractivity contribution is -0.142. The van der Waals surface area contributed by atoms with E-state index in [2.05, 4.69) is 31.4 Å². The van der Waals surface area contributed by atoms with Crippen LogP contribution in [0.2, 0.25) is 0 Å². The Morgan fingerprint density at radius 2 is 1.98 bits per heavy atom. The zero-order valence-electron chi connectivity index (χ0n) is 22.5. The number of nitrogens with one attached hydrogen (secondary N) is 1. The van der Waals surface area contributed by atoms with Crippen molar-refractivity contribution in [2.75, 3.05) is 37.0 Å². The number of hydrogen-bond acceptors (Lipinski definition) is 10. The number of benzene rings is 1. The number of anilines is 2. The Kier molecular flexibility index (Phi) is 9.69. The molecule has 12 heteroatoms. The third-order valence-corrected chi connectivity index (χ3v) is 6.52. The fourth-order valence-corrected chi connectivity index (χ4v) is 4.44. The molecule has 4 N–H and O–H groups in total. The van der Waals surface area contributed by atoms with Crippen molar-refractivity contribution in [3.05, 3.63) is 71.4 Å². The number of carboxylic acids is 1. The number of piperidine rings is 1. The lowest BCUT2D eigenvalue weighted by Gasteiger charge is -2.31. The molecule has 0 saturated carbocycles. The van der Waals surface area contributed by atoms with Gasteiger partial charge in [-0.05, 0) is 49.2 Å². The maximum atomic E-state index is 12.2. The molecular formula is C29H30N8O4. The van der Waals surface area contributed by atoms with E-state index < -0.39 is 5.97 Å². The van der Waals surface area contributed by atoms with Gasteiger partial charge in [0.15, 0.2) is 0 Å². The minimum Gasteiger partial charge on any atom is -0.481 e. The summed E-state index contributed by atoms with van der Waals surface area (Å²) in [5.41, 5.74) is 3.28. The summed E-state index contributed by atoms with van der Waals surface area (Å²) in [5.74, 6) is 5.33. The quantitative estimate of drug-likeness (QED) is 0.193. The summed E-state index contributed by atoms with van der Waals surface area (Å²) in [6.07, 6.45) is 2.69. The van der Waals surface area contributed by atoms with Crippen LogP contribution >= 0.6 is 0 Å². The van der Waals surface area contributed by atoms with E-state index in [-0.39, 0.29) is 30.8 Å². The summed E-state index contributed by atoms with van der Waals surface area (Å²) in [5, 5.41) is 25.2. The number of carbonyl (C=O) groups is 2. The topological polar surface area (TPSA) is 179 Å². The minimum atomic E-state index is -0.750. The Labute approximate surface area is 237 Å². The van der Waals surface area contributed by atoms with Gasteiger partial charge in [-0.3, -0.25) is 14.6 Å². The molecule has 0 bridgehead atoms. The van der Waals surface area contributed by atoms with E-state index in [9.17, 15) is 20.0 Å². The van der Waals surface area contributed by atoms with Crippen LogP contribution in [0.4, 0.5) is 11.6 Å². The number of ether oxygens (including phenoxy) is 1. The predicted molar refractivity (Wildman–Crippen MR) is 155 cm³/mol. The van der Waals surface area contributed by atoms with Gasteiger partial charge in [-0.2, -0.15) is 10.4 Å². The van der Waals surface area contributed by atoms with Gasteiger partial charge in [0.1, 0.15) is 24.0 Å². The zero-order chi connectivity index (χ0) is 29.2. The first-order chi connectivity index (χ1) is 19.9. The standard InChI is InChI=1S/C29H30N8O4/c1-41-18-28(38)35-26-14-22(13-24(34-26)21-5-2-4-19(12-21)15-30)25(36-31)17-32-16-23-6-3-7-27(33-23)37-10-8-20(9-11-37)29(39)40/h2-7,12-14,17,20H,8-11,16,18,31H2,1H3,(H,39,40)(H,34,35,38). The molecule has 1 amide bonds. The monoisotopic (exact) mass is 554 g/mol. The third-order valence-electron chi connectivity index (χ3n) is 6.52. The number of nitrogens with two attached hydrogens (primary N) is 1. The highest BCUT2D eigenvalue weighted by Gasteiger charge is 2.25. The molecule has 3 heterocycles. The van der Waals surface area contributed by atoms with Crippen LogP contribution in [-0.4, -0.2) is 65.7 Å². The highest BCUT2D eigenvalue weighted by molar-refractivity contribution is 6.38. The largest absolute Gasteiger partial charge is 0.481 e. The molecule has 0 aliphatic carbocycles. The SMILES string of the molecule is COCC(=O)Nc1cc(C(C=NCc2cccc(N3CCC(C(=O)O)CC3)n2)=NN)cc(-c2cccc(C#N)c2)n1. The lowest BCUT2D eigenvalue weighted by atomic mass is 9.97. The Morgan fingerprint density at radius 3 is 2.68 bits per heavy atom. The number of hydrogen-bond donors (Lipinski definition) is 3. The third kappa shape index (κ3) is 7.71. The number of nitriles is 1. The molecule has 0 spiro atoms. The fourth-order valence-electron chi connectivity index (χ4n) is 4.44. The van der Waals surface area contributed by atoms with Gasteiger partial charge in [0.25, 0.3) is 5.91 Å². The second kappa shape index (κ2) is 13.8. The van der Waals surface area contributed by atoms with E-state index in [0.717, 1.165) is 11.5 Å². The van der Waals surface area contributed by atoms with Crippen LogP contribution in [0.25, 0.3) is 11.3 Å². The first kappa shape index (κ1) is 28.8. The van der Waals surface area contributed by atoms with Gasteiger partial charge in [0, 0.05) is 37.5 Å². The van der Waals surface area contributed by atoms with Crippen molar-refractivity contribution in [3.63, 3.8) is 0 Å². The number of carbonyl (C=O) groups excluding carboxylic acids is 1. The van der Waals surface area contributed by atoms with E-state index in [1.54, 1.807) is 30.3 Å². The van der Waals surface area contributed by atoms with Gasteiger partial charge in [0.2, 0.25) is 0 Å². The van der Waals surface area contributed by atoms with Gasteiger partial charge >= 0.3 is 5.97 Å². The minimum absolute atomic E-state index is 0.145. The average molecular weight is 555 g/mol. The Balaban J connectivity index is 1.54. The number of aliphatic imine (C=N–C) groups is 1. The van der Waals surface area contributed by atoms with E-state index in [1.807, 2.05) is 24.3 Å². The van der Waals surface area contributed by atoms with Crippen molar-refractivity contribution in [2.45, 2.75) is 19.4 Å². The summed E-state index contributed by atoms with van der Waals surface area (Å²) in [6, 6.07) is 18.1. The molecule has 2 aromatic heterocycles. The van der Waals surface area contributed by atoms with Crippen molar-refractivity contribution in [3.8, 4) is 17.3 Å². The van der Waals surface area contributed by atoms with E-state index in [1.165, 1.54) is 13.3 Å². The van der Waals surface area contributed by atoms with Crippen LogP contribution in [0, 0.1) is 17.2 Å². The van der Waals surface area contributed by atoms with Crippen molar-refractivity contribution in [2.24, 2.45) is 21.9 Å². The molecule has 4 rings (SSSR count). The number of rotatable bonds is 10. The molecule has 1 fully saturated rings. The second-order valence-electron chi connectivity index (χ2n) is 9.37. The number of aliphatic carboxylic acids is 1. The van der Waals surface area contributed by atoms with E-state index in [4.69, 9.17) is 15.6 Å². The van der Waals surface area contributed by atoms with E-state index in [0.29, 0.717) is 54.0 Å². The lowest BCUT2D eigenvalue weighted by Crippen LogP contribution is -2.36. The Bertz CT molecular complexity index is 1510. The van der Waals surface area contributed by atoms with Gasteiger partial charge < -0.3 is 25.9 Å². The first-order valence-corrected chi connectivity index (χ1v) is 12.9. The van der Waals surface area contributed by atoms with Gasteiger partial charge in [-0.15, -0.1) is 0 Å². The molecule has 41 heavy (non-hydrogen) atoms. The Hall–Kier alpha value is -5.15. The number of pyridine rings is 2. The number of nitrogens with zero attached hydrogens (tertiary/aromatic N) is 6. The molecule has 1 saturated heterocycles. The highest BCUT2D eigenvalue weighted by atomic mass is 16.5.